The third-order valence-electron chi connectivity index (χ3n) is 8.46. The molecule has 1 saturated heterocycles. The molecule has 5 rings (SSSR count). The van der Waals surface area contributed by atoms with Gasteiger partial charge >= 0.3 is 0 Å². The second-order valence-corrected chi connectivity index (χ2v) is 10.1. The van der Waals surface area contributed by atoms with Crippen LogP contribution in [0.25, 0.3) is 0 Å². The van der Waals surface area contributed by atoms with Gasteiger partial charge in [0.05, 0.1) is 12.1 Å². The highest BCUT2D eigenvalue weighted by Crippen LogP contribution is 2.68. The van der Waals surface area contributed by atoms with Crippen molar-refractivity contribution in [2.75, 3.05) is 19.6 Å². The zero-order valence-corrected chi connectivity index (χ0v) is 17.2. The molecule has 4 nitrogen and oxygen atoms in total. The van der Waals surface area contributed by atoms with Gasteiger partial charge in [0.2, 0.25) is 5.91 Å². The van der Waals surface area contributed by atoms with Crippen molar-refractivity contribution < 1.29 is 9.90 Å². The van der Waals surface area contributed by atoms with Crippen LogP contribution >= 0.6 is 0 Å². The van der Waals surface area contributed by atoms with Crippen LogP contribution in [-0.2, 0) is 4.79 Å². The topological polar surface area (TPSA) is 52.6 Å². The Kier molecular flexibility index (Phi) is 4.91. The smallest absolute Gasteiger partial charge is 0.236 e. The van der Waals surface area contributed by atoms with Gasteiger partial charge in [-0.3, -0.25) is 4.79 Å². The van der Waals surface area contributed by atoms with E-state index in [4.69, 9.17) is 0 Å². The molecule has 3 unspecified atom stereocenters. The monoisotopic (exact) mass is 384 g/mol. The largest absolute Gasteiger partial charge is 0.389 e. The van der Waals surface area contributed by atoms with Gasteiger partial charge < -0.3 is 15.3 Å². The van der Waals surface area contributed by atoms with Gasteiger partial charge in [-0.05, 0) is 50.4 Å². The summed E-state index contributed by atoms with van der Waals surface area (Å²) < 4.78 is 0. The Bertz CT molecular complexity index is 672. The lowest BCUT2D eigenvalue weighted by atomic mass is 9.71. The van der Waals surface area contributed by atoms with Crippen molar-refractivity contribution in [3.8, 4) is 0 Å². The number of hydrogen-bond donors (Lipinski definition) is 2. The number of likely N-dealkylation sites (tertiary alicyclic amines) is 1. The fraction of sp³-hybridized carbons (Fsp3) is 0.792. The van der Waals surface area contributed by atoms with E-state index in [-0.39, 0.29) is 11.3 Å². The highest BCUT2D eigenvalue weighted by Gasteiger charge is 2.65. The Balaban J connectivity index is 1.27. The zero-order chi connectivity index (χ0) is 19.2. The molecule has 1 spiro atoms. The molecule has 1 aliphatic heterocycles. The van der Waals surface area contributed by atoms with E-state index >= 15 is 0 Å². The van der Waals surface area contributed by atoms with Crippen LogP contribution in [0.15, 0.2) is 23.8 Å². The van der Waals surface area contributed by atoms with Gasteiger partial charge in [-0.15, -0.1) is 0 Å². The van der Waals surface area contributed by atoms with E-state index in [1.807, 2.05) is 0 Å². The molecule has 0 radical (unpaired) electrons. The molecule has 3 atom stereocenters. The van der Waals surface area contributed by atoms with Crippen molar-refractivity contribution >= 4 is 5.91 Å². The minimum Gasteiger partial charge on any atom is -0.389 e. The molecule has 4 aliphatic carbocycles. The normalized spacial score (nSPS) is 36.6. The van der Waals surface area contributed by atoms with Crippen molar-refractivity contribution in [3.05, 3.63) is 23.8 Å². The Morgan fingerprint density at radius 3 is 2.75 bits per heavy atom. The molecule has 4 fully saturated rings. The number of carbonyl (C=O) groups is 1. The van der Waals surface area contributed by atoms with Crippen molar-refractivity contribution in [1.82, 2.24) is 10.2 Å². The van der Waals surface area contributed by atoms with E-state index in [9.17, 15) is 9.90 Å². The standard InChI is InChI=1S/C24H36N2O2/c27-21(16-25-17-23(28)12-4-1-5-13-23)26-14-11-19-9-6-10-20-15-24(19,20)22(26)18-7-2-3-8-18/h6,9-10,18,20,22,25,28H,1-5,7-8,11-17H2. The Hall–Kier alpha value is -1.13. The van der Waals surface area contributed by atoms with Crippen LogP contribution in [-0.4, -0.2) is 47.2 Å². The summed E-state index contributed by atoms with van der Waals surface area (Å²) in [6, 6.07) is 0.400. The summed E-state index contributed by atoms with van der Waals surface area (Å²) in [5.41, 5.74) is 1.28. The Labute approximate surface area is 169 Å². The highest BCUT2D eigenvalue weighted by molar-refractivity contribution is 5.79. The number of amides is 1. The average molecular weight is 385 g/mol. The molecule has 1 heterocycles. The van der Waals surface area contributed by atoms with Crippen molar-refractivity contribution in [3.63, 3.8) is 0 Å². The first-order valence-electron chi connectivity index (χ1n) is 11.7. The van der Waals surface area contributed by atoms with Gasteiger partial charge in [0.1, 0.15) is 0 Å². The molecule has 0 bridgehead atoms. The Morgan fingerprint density at radius 2 is 1.96 bits per heavy atom. The highest BCUT2D eigenvalue weighted by atomic mass is 16.3. The first-order chi connectivity index (χ1) is 13.6. The van der Waals surface area contributed by atoms with E-state index < -0.39 is 5.60 Å². The van der Waals surface area contributed by atoms with Crippen LogP contribution in [0, 0.1) is 17.3 Å². The maximum atomic E-state index is 13.3. The van der Waals surface area contributed by atoms with Crippen LogP contribution < -0.4 is 5.32 Å². The first kappa shape index (κ1) is 18.9. The fourth-order valence-corrected chi connectivity index (χ4v) is 7.00. The quantitative estimate of drug-likeness (QED) is 0.762. The Morgan fingerprint density at radius 1 is 1.18 bits per heavy atom. The molecule has 0 aromatic heterocycles. The predicted octanol–water partition coefficient (Wildman–Crippen LogP) is 3.56. The second-order valence-electron chi connectivity index (χ2n) is 10.1. The third kappa shape index (κ3) is 3.17. The molecular formula is C24H36N2O2. The number of nitrogens with one attached hydrogen (secondary N) is 1. The molecule has 28 heavy (non-hydrogen) atoms. The number of hydrogen-bond acceptors (Lipinski definition) is 3. The van der Waals surface area contributed by atoms with Gasteiger partial charge in [-0.2, -0.15) is 0 Å². The van der Waals surface area contributed by atoms with Crippen LogP contribution in [0.5, 0.6) is 0 Å². The lowest BCUT2D eigenvalue weighted by molar-refractivity contribution is -0.137. The maximum absolute atomic E-state index is 13.3. The second kappa shape index (κ2) is 7.28. The summed E-state index contributed by atoms with van der Waals surface area (Å²) in [7, 11) is 0. The fourth-order valence-electron chi connectivity index (χ4n) is 7.00. The number of nitrogens with zero attached hydrogens (tertiary/aromatic N) is 1. The minimum absolute atomic E-state index is 0.255. The van der Waals surface area contributed by atoms with Gasteiger partial charge in [-0.1, -0.05) is 55.9 Å². The summed E-state index contributed by atoms with van der Waals surface area (Å²) in [5, 5.41) is 14.1. The maximum Gasteiger partial charge on any atom is 0.236 e. The zero-order valence-electron chi connectivity index (χ0n) is 17.2. The number of carbonyl (C=O) groups excluding carboxylic acids is 1. The number of allylic oxidation sites excluding steroid dienone is 3. The van der Waals surface area contributed by atoms with Crippen LogP contribution in [0.3, 0.4) is 0 Å². The lowest BCUT2D eigenvalue weighted by Gasteiger charge is -2.48. The van der Waals surface area contributed by atoms with Crippen LogP contribution in [0.4, 0.5) is 0 Å². The van der Waals surface area contributed by atoms with E-state index in [1.54, 1.807) is 5.57 Å². The van der Waals surface area contributed by atoms with Gasteiger partial charge in [0, 0.05) is 24.5 Å². The summed E-state index contributed by atoms with van der Waals surface area (Å²) in [4.78, 5) is 15.5. The first-order valence-corrected chi connectivity index (χ1v) is 11.7. The number of piperidine rings is 1. The molecular weight excluding hydrogens is 348 g/mol. The van der Waals surface area contributed by atoms with Crippen LogP contribution in [0.1, 0.15) is 70.6 Å². The van der Waals surface area contributed by atoms with Gasteiger partial charge in [0.25, 0.3) is 0 Å². The van der Waals surface area contributed by atoms with Crippen molar-refractivity contribution in [2.24, 2.45) is 17.3 Å². The van der Waals surface area contributed by atoms with Crippen LogP contribution in [0.2, 0.25) is 0 Å². The van der Waals surface area contributed by atoms with Crippen molar-refractivity contribution in [2.45, 2.75) is 82.3 Å². The molecule has 154 valence electrons. The van der Waals surface area contributed by atoms with Crippen molar-refractivity contribution in [1.29, 1.82) is 0 Å². The van der Waals surface area contributed by atoms with E-state index in [0.717, 1.165) is 38.6 Å². The number of rotatable bonds is 5. The summed E-state index contributed by atoms with van der Waals surface area (Å²) >= 11 is 0. The molecule has 2 N–H and O–H groups in total. The lowest BCUT2D eigenvalue weighted by Crippen LogP contribution is -2.56. The van der Waals surface area contributed by atoms with Gasteiger partial charge in [-0.25, -0.2) is 0 Å². The summed E-state index contributed by atoms with van der Waals surface area (Å²) in [5.74, 6) is 1.58. The molecule has 4 heteroatoms. The molecule has 3 saturated carbocycles. The molecule has 0 aromatic carbocycles. The summed E-state index contributed by atoms with van der Waals surface area (Å²) in [6.45, 7) is 1.81. The third-order valence-corrected chi connectivity index (χ3v) is 8.46. The van der Waals surface area contributed by atoms with E-state index in [2.05, 4.69) is 28.4 Å². The minimum atomic E-state index is -0.602. The average Bonchev–Trinajstić information content (AvgIpc) is 3.18. The molecule has 0 aromatic rings. The predicted molar refractivity (Wildman–Crippen MR) is 111 cm³/mol. The molecule has 1 amide bonds. The van der Waals surface area contributed by atoms with E-state index in [0.29, 0.717) is 31.0 Å². The van der Waals surface area contributed by atoms with Gasteiger partial charge in [0.15, 0.2) is 0 Å². The SMILES string of the molecule is O=C(CNCC1(O)CCCCC1)N1CCC2=CC=CC3CC23C1C1CCCC1. The summed E-state index contributed by atoms with van der Waals surface area (Å²) in [6.07, 6.45) is 19.7. The number of aliphatic hydroxyl groups is 1. The molecule has 5 aliphatic rings. The van der Waals surface area contributed by atoms with E-state index in [1.165, 1.54) is 38.5 Å².